The third kappa shape index (κ3) is 8.51. The largest absolute Gasteiger partial charge is 0.382 e. The van der Waals surface area contributed by atoms with Crippen molar-refractivity contribution in [2.45, 2.75) is 59.0 Å². The predicted octanol–water partition coefficient (Wildman–Crippen LogP) is 3.55. The number of rotatable bonds is 11. The average molecular weight is 567 g/mol. The summed E-state index contributed by atoms with van der Waals surface area (Å²) in [6.45, 7) is 11.6. The molecule has 0 spiro atoms. The van der Waals surface area contributed by atoms with E-state index in [9.17, 15) is 5.26 Å². The maximum absolute atomic E-state index is 9.54. The smallest absolute Gasteiger partial charge is 0.190 e. The fraction of sp³-hybridized carbons (Fsp3) is 0.542. The van der Waals surface area contributed by atoms with E-state index >= 15 is 0 Å². The Kier molecular flexibility index (Phi) is 12.8. The van der Waals surface area contributed by atoms with Crippen LogP contribution in [-0.4, -0.2) is 59.4 Å². The van der Waals surface area contributed by atoms with Crippen molar-refractivity contribution in [2.75, 3.05) is 32.4 Å². The van der Waals surface area contributed by atoms with Gasteiger partial charge in [0.25, 0.3) is 0 Å². The van der Waals surface area contributed by atoms with Crippen molar-refractivity contribution in [3.63, 3.8) is 0 Å². The summed E-state index contributed by atoms with van der Waals surface area (Å²) in [5, 5.41) is 20.8. The molecule has 8 nitrogen and oxygen atoms in total. The van der Waals surface area contributed by atoms with Gasteiger partial charge in [-0.15, -0.1) is 24.0 Å². The number of anilines is 1. The number of guanidine groups is 1. The monoisotopic (exact) mass is 566 g/mol. The van der Waals surface area contributed by atoms with E-state index in [4.69, 9.17) is 5.73 Å². The quantitative estimate of drug-likeness (QED) is 0.166. The third-order valence-electron chi connectivity index (χ3n) is 5.42. The second-order valence-electron chi connectivity index (χ2n) is 8.37. The van der Waals surface area contributed by atoms with Crippen LogP contribution in [0.25, 0.3) is 5.69 Å². The number of nitriles is 1. The molecule has 0 saturated heterocycles. The molecule has 0 saturated carbocycles. The van der Waals surface area contributed by atoms with Crippen LogP contribution in [0.5, 0.6) is 0 Å². The van der Waals surface area contributed by atoms with Crippen molar-refractivity contribution in [3.05, 3.63) is 41.6 Å². The summed E-state index contributed by atoms with van der Waals surface area (Å²) in [5.74, 6) is 1.18. The Morgan fingerprint density at radius 2 is 1.73 bits per heavy atom. The van der Waals surface area contributed by atoms with Crippen LogP contribution in [0, 0.1) is 11.3 Å². The van der Waals surface area contributed by atoms with Crippen molar-refractivity contribution in [1.29, 1.82) is 5.26 Å². The summed E-state index contributed by atoms with van der Waals surface area (Å²) in [5.41, 5.74) is 8.21. The van der Waals surface area contributed by atoms with Crippen molar-refractivity contribution in [2.24, 2.45) is 4.99 Å². The van der Waals surface area contributed by atoms with Crippen LogP contribution in [0.3, 0.4) is 0 Å². The summed E-state index contributed by atoms with van der Waals surface area (Å²) in [7, 11) is 1.78. The molecule has 182 valence electrons. The number of nitrogen functional groups attached to an aromatic ring is 1. The first-order chi connectivity index (χ1) is 15.4. The molecule has 0 aliphatic rings. The minimum atomic E-state index is 0. The lowest BCUT2D eigenvalue weighted by Gasteiger charge is -2.30. The van der Waals surface area contributed by atoms with Gasteiger partial charge in [-0.05, 0) is 59.1 Å². The average Bonchev–Trinajstić information content (AvgIpc) is 3.10. The molecule has 1 aromatic heterocycles. The number of hydrogen-bond donors (Lipinski definition) is 3. The Bertz CT molecular complexity index is 891. The number of hydrogen-bond acceptors (Lipinski definition) is 5. The summed E-state index contributed by atoms with van der Waals surface area (Å²) in [6.07, 6.45) is 2.53. The molecule has 0 fully saturated rings. The molecule has 33 heavy (non-hydrogen) atoms. The van der Waals surface area contributed by atoms with Crippen LogP contribution in [0.4, 0.5) is 5.82 Å². The van der Waals surface area contributed by atoms with E-state index in [1.807, 2.05) is 30.3 Å². The van der Waals surface area contributed by atoms with Gasteiger partial charge in [0.1, 0.15) is 17.5 Å². The summed E-state index contributed by atoms with van der Waals surface area (Å²) < 4.78 is 1.64. The SMILES string of the molecule is CN=C(NCCCc1nn(-c2ccccc2)c(N)c1C#N)NCCCN(C(C)C)C(C)C.I. The van der Waals surface area contributed by atoms with Gasteiger partial charge < -0.3 is 16.4 Å². The lowest BCUT2D eigenvalue weighted by Crippen LogP contribution is -2.41. The molecule has 2 rings (SSSR count). The first-order valence-electron chi connectivity index (χ1n) is 11.4. The first kappa shape index (κ1) is 28.7. The molecule has 0 radical (unpaired) electrons. The highest BCUT2D eigenvalue weighted by Gasteiger charge is 2.16. The standard InChI is InChI=1S/C24H38N8.HI/c1-18(2)31(19(3)4)16-10-15-29-24(27-5)28-14-9-13-22-21(17-25)23(26)32(30-22)20-11-7-6-8-12-20;/h6-8,11-12,18-19H,9-10,13-16,26H2,1-5H3,(H2,27,28,29);1H. The molecule has 0 bridgehead atoms. The number of nitrogens with one attached hydrogen (secondary N) is 2. The van der Waals surface area contributed by atoms with Gasteiger partial charge in [-0.2, -0.15) is 10.4 Å². The second-order valence-corrected chi connectivity index (χ2v) is 8.37. The van der Waals surface area contributed by atoms with E-state index in [1.165, 1.54) is 0 Å². The number of aromatic nitrogens is 2. The van der Waals surface area contributed by atoms with Gasteiger partial charge in [0.05, 0.1) is 11.4 Å². The van der Waals surface area contributed by atoms with Crippen molar-refractivity contribution >= 4 is 35.8 Å². The van der Waals surface area contributed by atoms with E-state index in [0.717, 1.165) is 49.8 Å². The van der Waals surface area contributed by atoms with Gasteiger partial charge in [0.2, 0.25) is 0 Å². The fourth-order valence-corrected chi connectivity index (χ4v) is 3.81. The van der Waals surface area contributed by atoms with Gasteiger partial charge >= 0.3 is 0 Å². The molecular weight excluding hydrogens is 527 g/mol. The van der Waals surface area contributed by atoms with Crippen LogP contribution in [0.1, 0.15) is 51.8 Å². The topological polar surface area (TPSA) is 107 Å². The van der Waals surface area contributed by atoms with Gasteiger partial charge in [-0.1, -0.05) is 18.2 Å². The predicted molar refractivity (Wildman–Crippen MR) is 147 cm³/mol. The number of benzene rings is 1. The fourth-order valence-electron chi connectivity index (χ4n) is 3.81. The van der Waals surface area contributed by atoms with Crippen LogP contribution in [0.15, 0.2) is 35.3 Å². The summed E-state index contributed by atoms with van der Waals surface area (Å²) >= 11 is 0. The molecule has 0 aliphatic carbocycles. The Morgan fingerprint density at radius 3 is 2.27 bits per heavy atom. The van der Waals surface area contributed by atoms with E-state index in [2.05, 4.69) is 59.4 Å². The highest BCUT2D eigenvalue weighted by atomic mass is 127. The van der Waals surface area contributed by atoms with Gasteiger partial charge in [-0.25, -0.2) is 4.68 Å². The highest BCUT2D eigenvalue weighted by molar-refractivity contribution is 14.0. The normalized spacial score (nSPS) is 11.5. The molecule has 1 aromatic carbocycles. The second kappa shape index (κ2) is 14.8. The number of aliphatic imine (C=N–C) groups is 1. The van der Waals surface area contributed by atoms with E-state index in [-0.39, 0.29) is 24.0 Å². The molecule has 0 amide bonds. The van der Waals surface area contributed by atoms with E-state index in [0.29, 0.717) is 29.9 Å². The zero-order chi connectivity index (χ0) is 23.5. The minimum absolute atomic E-state index is 0. The van der Waals surface area contributed by atoms with Crippen molar-refractivity contribution in [1.82, 2.24) is 25.3 Å². The van der Waals surface area contributed by atoms with Crippen LogP contribution < -0.4 is 16.4 Å². The summed E-state index contributed by atoms with van der Waals surface area (Å²) in [6, 6.07) is 12.9. The molecule has 0 atom stereocenters. The zero-order valence-electron chi connectivity index (χ0n) is 20.5. The lowest BCUT2D eigenvalue weighted by atomic mass is 10.1. The Balaban J connectivity index is 0.00000544. The maximum Gasteiger partial charge on any atom is 0.190 e. The van der Waals surface area contributed by atoms with E-state index < -0.39 is 0 Å². The highest BCUT2D eigenvalue weighted by Crippen LogP contribution is 2.21. The molecule has 1 heterocycles. The van der Waals surface area contributed by atoms with Crippen LogP contribution in [-0.2, 0) is 6.42 Å². The van der Waals surface area contributed by atoms with Crippen LogP contribution in [0.2, 0.25) is 0 Å². The number of nitrogens with two attached hydrogens (primary N) is 1. The van der Waals surface area contributed by atoms with Crippen molar-refractivity contribution in [3.8, 4) is 11.8 Å². The van der Waals surface area contributed by atoms with Crippen molar-refractivity contribution < 1.29 is 0 Å². The molecule has 0 unspecified atom stereocenters. The number of halogens is 1. The summed E-state index contributed by atoms with van der Waals surface area (Å²) in [4.78, 5) is 6.79. The molecule has 9 heteroatoms. The Labute approximate surface area is 215 Å². The zero-order valence-corrected chi connectivity index (χ0v) is 22.8. The van der Waals surface area contributed by atoms with Gasteiger partial charge in [0.15, 0.2) is 5.96 Å². The minimum Gasteiger partial charge on any atom is -0.382 e. The number of para-hydroxylation sites is 1. The van der Waals surface area contributed by atoms with Gasteiger partial charge in [-0.3, -0.25) is 9.89 Å². The Morgan fingerprint density at radius 1 is 1.12 bits per heavy atom. The van der Waals surface area contributed by atoms with Crippen LogP contribution >= 0.6 is 24.0 Å². The Hall–Kier alpha value is -2.32. The molecule has 2 aromatic rings. The molecule has 0 aliphatic heterocycles. The first-order valence-corrected chi connectivity index (χ1v) is 11.4. The van der Waals surface area contributed by atoms with E-state index in [1.54, 1.807) is 11.7 Å². The molecular formula is C24H39IN8. The van der Waals surface area contributed by atoms with Gasteiger partial charge in [0, 0.05) is 38.8 Å². The maximum atomic E-state index is 9.54. The molecule has 4 N–H and O–H groups in total. The number of nitrogens with zero attached hydrogens (tertiary/aromatic N) is 5. The lowest BCUT2D eigenvalue weighted by molar-refractivity contribution is 0.173. The number of aryl methyl sites for hydroxylation is 1. The third-order valence-corrected chi connectivity index (χ3v) is 5.42.